The maximum absolute atomic E-state index is 6.45. The number of hydrogen-bond donors (Lipinski definition) is 0. The van der Waals surface area contributed by atoms with Gasteiger partial charge in [0.25, 0.3) is 0 Å². The van der Waals surface area contributed by atoms with Gasteiger partial charge in [0, 0.05) is 24.2 Å². The maximum atomic E-state index is 6.45. The third-order valence-corrected chi connectivity index (χ3v) is 5.55. The zero-order valence-electron chi connectivity index (χ0n) is 17.8. The van der Waals surface area contributed by atoms with Gasteiger partial charge >= 0.3 is 7.12 Å². The Morgan fingerprint density at radius 3 is 2.48 bits per heavy atom. The average molecular weight is 427 g/mol. The molecule has 0 radical (unpaired) electrons. The van der Waals surface area contributed by atoms with Crippen molar-refractivity contribution in [1.29, 1.82) is 0 Å². The normalized spacial score (nSPS) is 16.1. The van der Waals surface area contributed by atoms with Crippen molar-refractivity contribution in [1.82, 2.24) is 0 Å². The average Bonchev–Trinajstić information content (AvgIpc) is 2.65. The van der Waals surface area contributed by atoms with Gasteiger partial charge in [0.2, 0.25) is 0 Å². The Morgan fingerprint density at radius 1 is 1.10 bits per heavy atom. The van der Waals surface area contributed by atoms with Crippen LogP contribution < -0.4 is 10.2 Å². The van der Waals surface area contributed by atoms with E-state index >= 15 is 0 Å². The van der Waals surface area contributed by atoms with Gasteiger partial charge in [-0.25, -0.2) is 0 Å². The van der Waals surface area contributed by atoms with Crippen LogP contribution in [-0.2, 0) is 15.9 Å². The molecule has 1 aliphatic heterocycles. The molecule has 2 aromatic rings. The highest BCUT2D eigenvalue weighted by Gasteiger charge is 2.33. The van der Waals surface area contributed by atoms with Crippen molar-refractivity contribution in [2.45, 2.75) is 40.1 Å². The van der Waals surface area contributed by atoms with E-state index in [4.69, 9.17) is 25.6 Å². The van der Waals surface area contributed by atoms with Gasteiger partial charge < -0.3 is 14.0 Å². The summed E-state index contributed by atoms with van der Waals surface area (Å²) in [5.74, 6) is 3.93. The van der Waals surface area contributed by atoms with Crippen molar-refractivity contribution >= 4 is 32.3 Å². The third-order valence-electron chi connectivity index (χ3n) is 4.38. The summed E-state index contributed by atoms with van der Waals surface area (Å²) in [7, 11) is -1.77. The van der Waals surface area contributed by atoms with Crippen molar-refractivity contribution in [3.05, 3.63) is 58.6 Å². The number of hydrogen-bond acceptors (Lipinski definition) is 3. The first-order valence-electron chi connectivity index (χ1n) is 9.89. The zero-order chi connectivity index (χ0) is 21.1. The van der Waals surface area contributed by atoms with Gasteiger partial charge in [-0.05, 0) is 35.3 Å². The highest BCUT2D eigenvalue weighted by molar-refractivity contribution is 6.83. The topological polar surface area (TPSA) is 27.7 Å². The van der Waals surface area contributed by atoms with Crippen molar-refractivity contribution in [3.8, 4) is 17.2 Å². The summed E-state index contributed by atoms with van der Waals surface area (Å²) in [5.41, 5.74) is 6.42. The van der Waals surface area contributed by atoms with E-state index in [1.807, 2.05) is 36.4 Å². The largest absolute Gasteiger partial charge is 0.493 e. The molecule has 6 heteroatoms. The molecule has 0 aliphatic carbocycles. The van der Waals surface area contributed by atoms with Crippen LogP contribution in [0.15, 0.2) is 42.5 Å². The summed E-state index contributed by atoms with van der Waals surface area (Å²) < 4.78 is 17.6. The van der Waals surface area contributed by atoms with Crippen LogP contribution in [0.2, 0.25) is 24.7 Å². The van der Waals surface area contributed by atoms with Crippen LogP contribution in [0.4, 0.5) is 0 Å². The molecule has 152 valence electrons. The molecule has 1 heterocycles. The van der Waals surface area contributed by atoms with Crippen molar-refractivity contribution in [2.75, 3.05) is 13.2 Å². The molecule has 1 saturated heterocycles. The number of halogens is 1. The van der Waals surface area contributed by atoms with E-state index < -0.39 is 8.07 Å². The van der Waals surface area contributed by atoms with Gasteiger partial charge in [0.05, 0.1) is 5.02 Å². The second kappa shape index (κ2) is 8.97. The van der Waals surface area contributed by atoms with Crippen LogP contribution >= 0.6 is 11.6 Å². The fourth-order valence-electron chi connectivity index (χ4n) is 2.83. The zero-order valence-corrected chi connectivity index (χ0v) is 19.6. The second-order valence-electron chi connectivity index (χ2n) is 9.30. The minimum Gasteiger partial charge on any atom is -0.487 e. The van der Waals surface area contributed by atoms with Gasteiger partial charge in [-0.2, -0.15) is 0 Å². The monoisotopic (exact) mass is 426 g/mol. The summed E-state index contributed by atoms with van der Waals surface area (Å²) >= 11 is 6.45. The lowest BCUT2D eigenvalue weighted by atomic mass is 9.76. The van der Waals surface area contributed by atoms with Crippen LogP contribution in [0.3, 0.4) is 0 Å². The van der Waals surface area contributed by atoms with E-state index in [1.54, 1.807) is 0 Å². The van der Waals surface area contributed by atoms with E-state index in [0.29, 0.717) is 30.6 Å². The molecule has 0 atom stereocenters. The predicted octanol–water partition coefficient (Wildman–Crippen LogP) is 4.92. The van der Waals surface area contributed by atoms with Gasteiger partial charge in [-0.3, -0.25) is 0 Å². The van der Waals surface area contributed by atoms with Crippen LogP contribution in [0.25, 0.3) is 0 Å². The maximum Gasteiger partial charge on any atom is 0.493 e. The van der Waals surface area contributed by atoms with Crippen LogP contribution in [0, 0.1) is 16.9 Å². The minimum atomic E-state index is -1.39. The van der Waals surface area contributed by atoms with E-state index in [9.17, 15) is 0 Å². The van der Waals surface area contributed by atoms with Gasteiger partial charge in [0.15, 0.2) is 0 Å². The summed E-state index contributed by atoms with van der Waals surface area (Å²) in [6.07, 6.45) is 0. The Balaban J connectivity index is 1.63. The lowest BCUT2D eigenvalue weighted by molar-refractivity contribution is 0.0343. The molecule has 1 aliphatic rings. The van der Waals surface area contributed by atoms with E-state index in [1.165, 1.54) is 0 Å². The second-order valence-corrected chi connectivity index (χ2v) is 14.5. The summed E-state index contributed by atoms with van der Waals surface area (Å²) in [5, 5.41) is 0.550. The van der Waals surface area contributed by atoms with Crippen LogP contribution in [-0.4, -0.2) is 28.4 Å². The Kier molecular flexibility index (Phi) is 6.80. The molecule has 2 aromatic carbocycles. The molecule has 3 rings (SSSR count). The minimum absolute atomic E-state index is 0.0390. The van der Waals surface area contributed by atoms with E-state index in [0.717, 1.165) is 16.6 Å². The molecular formula is C23H28BClO3Si. The first kappa shape index (κ1) is 22.0. The molecule has 0 spiro atoms. The van der Waals surface area contributed by atoms with Crippen molar-refractivity contribution in [3.63, 3.8) is 0 Å². The standard InChI is InChI=1S/C23H28BClO3Si/c1-23(2)16-27-24(28-17-23)20-9-10-22(21(25)14-20)26-15-19-8-6-7-18(13-19)11-12-29(3,4)5/h6-10,13-14H,15-17H2,1-5H3. The quantitative estimate of drug-likeness (QED) is 0.513. The fourth-order valence-corrected chi connectivity index (χ4v) is 3.59. The predicted molar refractivity (Wildman–Crippen MR) is 124 cm³/mol. The molecule has 3 nitrogen and oxygen atoms in total. The van der Waals surface area contributed by atoms with Gasteiger partial charge in [-0.15, -0.1) is 5.54 Å². The SMILES string of the molecule is CC1(C)COB(c2ccc(OCc3cccc(C#C[Si](C)(C)C)c3)c(Cl)c2)OC1. The van der Waals surface area contributed by atoms with E-state index in [-0.39, 0.29) is 12.5 Å². The lowest BCUT2D eigenvalue weighted by Gasteiger charge is -2.33. The van der Waals surface area contributed by atoms with E-state index in [2.05, 4.69) is 51.0 Å². The van der Waals surface area contributed by atoms with Gasteiger partial charge in [0.1, 0.15) is 20.4 Å². The molecule has 1 fully saturated rings. The Hall–Kier alpha value is -1.71. The van der Waals surface area contributed by atoms with Crippen LogP contribution in [0.1, 0.15) is 25.0 Å². The third kappa shape index (κ3) is 6.65. The summed E-state index contributed by atoms with van der Waals surface area (Å²) in [6.45, 7) is 12.7. The number of benzene rings is 2. The highest BCUT2D eigenvalue weighted by atomic mass is 35.5. The lowest BCUT2D eigenvalue weighted by Crippen LogP contribution is -2.47. The fraction of sp³-hybridized carbons (Fsp3) is 0.391. The molecule has 0 aromatic heterocycles. The molecule has 29 heavy (non-hydrogen) atoms. The highest BCUT2D eigenvalue weighted by Crippen LogP contribution is 2.26. The van der Waals surface area contributed by atoms with Crippen molar-refractivity contribution in [2.24, 2.45) is 5.41 Å². The summed E-state index contributed by atoms with van der Waals surface area (Å²) in [6, 6.07) is 13.8. The first-order chi connectivity index (χ1) is 13.6. The smallest absolute Gasteiger partial charge is 0.487 e. The molecule has 0 bridgehead atoms. The van der Waals surface area contributed by atoms with Crippen LogP contribution in [0.5, 0.6) is 5.75 Å². The summed E-state index contributed by atoms with van der Waals surface area (Å²) in [4.78, 5) is 0. The Bertz CT molecular complexity index is 918. The first-order valence-corrected chi connectivity index (χ1v) is 13.8. The Labute approximate surface area is 180 Å². The Morgan fingerprint density at radius 2 is 1.83 bits per heavy atom. The number of rotatable bonds is 4. The molecule has 0 N–H and O–H groups in total. The van der Waals surface area contributed by atoms with Gasteiger partial charge in [-0.1, -0.05) is 69.2 Å². The van der Waals surface area contributed by atoms with Crippen molar-refractivity contribution < 1.29 is 14.0 Å². The number of ether oxygens (including phenoxy) is 1. The molecule has 0 saturated carbocycles. The molecular weight excluding hydrogens is 399 g/mol. The molecule has 0 unspecified atom stereocenters. The molecule has 0 amide bonds.